The predicted octanol–water partition coefficient (Wildman–Crippen LogP) is 3.83. The van der Waals surface area contributed by atoms with Crippen LogP contribution < -0.4 is 10.6 Å². The van der Waals surface area contributed by atoms with Crippen molar-refractivity contribution < 1.29 is 4.79 Å². The first-order valence-corrected chi connectivity index (χ1v) is 9.67. The number of anilines is 1. The maximum absolute atomic E-state index is 12.2. The number of hydrogen-bond acceptors (Lipinski definition) is 3. The van der Waals surface area contributed by atoms with Gasteiger partial charge in [-0.3, -0.25) is 9.69 Å². The average Bonchev–Trinajstić information content (AvgIpc) is 2.69. The highest BCUT2D eigenvalue weighted by molar-refractivity contribution is 5.78. The first-order chi connectivity index (χ1) is 12.8. The molecule has 1 saturated heterocycles. The summed E-state index contributed by atoms with van der Waals surface area (Å²) < 4.78 is 0. The number of para-hydroxylation sites is 1. The number of carbonyl (C=O) groups is 1. The Balaban J connectivity index is 1.51. The largest absolute Gasteiger partial charge is 0.378 e. The molecule has 1 heterocycles. The Morgan fingerprint density at radius 1 is 0.923 bits per heavy atom. The van der Waals surface area contributed by atoms with Gasteiger partial charge in [-0.25, -0.2) is 0 Å². The van der Waals surface area contributed by atoms with Crippen molar-refractivity contribution in [2.24, 2.45) is 0 Å². The van der Waals surface area contributed by atoms with Gasteiger partial charge in [0.25, 0.3) is 0 Å². The van der Waals surface area contributed by atoms with Crippen LogP contribution in [0, 0.1) is 0 Å². The topological polar surface area (TPSA) is 44.4 Å². The number of nitrogens with zero attached hydrogens (tertiary/aromatic N) is 1. The summed E-state index contributed by atoms with van der Waals surface area (Å²) in [5, 5.41) is 6.68. The minimum Gasteiger partial charge on any atom is -0.378 e. The summed E-state index contributed by atoms with van der Waals surface area (Å²) in [5.41, 5.74) is 2.34. The summed E-state index contributed by atoms with van der Waals surface area (Å²) in [6.45, 7) is 3.30. The minimum atomic E-state index is 0.137. The number of hydrogen-bond donors (Lipinski definition) is 2. The number of benzene rings is 2. The molecule has 2 aromatic carbocycles. The van der Waals surface area contributed by atoms with Crippen molar-refractivity contribution in [1.29, 1.82) is 0 Å². The van der Waals surface area contributed by atoms with Gasteiger partial charge in [0.05, 0.1) is 12.6 Å². The van der Waals surface area contributed by atoms with Gasteiger partial charge in [0.15, 0.2) is 0 Å². The highest BCUT2D eigenvalue weighted by atomic mass is 16.2. The van der Waals surface area contributed by atoms with Crippen LogP contribution in [-0.2, 0) is 4.79 Å². The summed E-state index contributed by atoms with van der Waals surface area (Å²) >= 11 is 0. The molecule has 2 N–H and O–H groups in total. The monoisotopic (exact) mass is 351 g/mol. The molecule has 4 nitrogen and oxygen atoms in total. The molecule has 0 bridgehead atoms. The Hall–Kier alpha value is -2.33. The number of amides is 1. The van der Waals surface area contributed by atoms with E-state index in [1.54, 1.807) is 0 Å². The maximum atomic E-state index is 12.2. The van der Waals surface area contributed by atoms with E-state index in [-0.39, 0.29) is 11.9 Å². The lowest BCUT2D eigenvalue weighted by molar-refractivity contribution is -0.122. The molecule has 1 unspecified atom stereocenters. The van der Waals surface area contributed by atoms with E-state index < -0.39 is 0 Å². The molecule has 1 aliphatic rings. The van der Waals surface area contributed by atoms with Crippen LogP contribution in [0.4, 0.5) is 5.69 Å². The highest BCUT2D eigenvalue weighted by Crippen LogP contribution is 2.22. The zero-order valence-corrected chi connectivity index (χ0v) is 15.4. The van der Waals surface area contributed by atoms with E-state index in [1.165, 1.54) is 24.8 Å². The molecule has 2 aromatic rings. The summed E-state index contributed by atoms with van der Waals surface area (Å²) in [5.74, 6) is 0.137. The third-order valence-electron chi connectivity index (χ3n) is 4.89. The van der Waals surface area contributed by atoms with Gasteiger partial charge >= 0.3 is 0 Å². The Bertz CT molecular complexity index is 654. The van der Waals surface area contributed by atoms with Crippen LogP contribution in [0.5, 0.6) is 0 Å². The molecule has 138 valence electrons. The summed E-state index contributed by atoms with van der Waals surface area (Å²) in [6.07, 6.45) is 4.57. The maximum Gasteiger partial charge on any atom is 0.234 e. The first-order valence-electron chi connectivity index (χ1n) is 9.67. The van der Waals surface area contributed by atoms with E-state index >= 15 is 0 Å². The fourth-order valence-corrected chi connectivity index (χ4v) is 3.48. The van der Waals surface area contributed by atoms with Crippen molar-refractivity contribution in [3.05, 3.63) is 66.2 Å². The second kappa shape index (κ2) is 9.97. The average molecular weight is 351 g/mol. The van der Waals surface area contributed by atoms with Crippen molar-refractivity contribution in [2.75, 3.05) is 31.5 Å². The summed E-state index contributed by atoms with van der Waals surface area (Å²) in [4.78, 5) is 14.5. The van der Waals surface area contributed by atoms with Crippen LogP contribution in [0.15, 0.2) is 60.7 Å². The number of carbonyl (C=O) groups excluding carboxylic acids is 1. The molecule has 1 amide bonds. The van der Waals surface area contributed by atoms with Crippen LogP contribution in [0.25, 0.3) is 0 Å². The van der Waals surface area contributed by atoms with Gasteiger partial charge in [-0.1, -0.05) is 55.0 Å². The molecule has 4 heteroatoms. The predicted molar refractivity (Wildman–Crippen MR) is 107 cm³/mol. The number of nitrogens with one attached hydrogen (secondary N) is 2. The fourth-order valence-electron chi connectivity index (χ4n) is 3.48. The SMILES string of the molecule is O=C(CN1CCCCC1)NCCC(Nc1ccccc1)c1ccccc1. The quantitative estimate of drug-likeness (QED) is 0.760. The normalized spacial score (nSPS) is 16.0. The molecule has 26 heavy (non-hydrogen) atoms. The van der Waals surface area contributed by atoms with Gasteiger partial charge in [-0.2, -0.15) is 0 Å². The van der Waals surface area contributed by atoms with Crippen LogP contribution in [-0.4, -0.2) is 37.0 Å². The number of likely N-dealkylation sites (tertiary alicyclic amines) is 1. The molecule has 0 radical (unpaired) electrons. The van der Waals surface area contributed by atoms with E-state index in [0.717, 1.165) is 25.2 Å². The Kier molecular flexibility index (Phi) is 7.08. The molecular weight excluding hydrogens is 322 g/mol. The van der Waals surface area contributed by atoms with Gasteiger partial charge < -0.3 is 10.6 Å². The van der Waals surface area contributed by atoms with Gasteiger partial charge in [0.1, 0.15) is 0 Å². The van der Waals surface area contributed by atoms with Crippen molar-refractivity contribution in [1.82, 2.24) is 10.2 Å². The van der Waals surface area contributed by atoms with E-state index in [0.29, 0.717) is 13.1 Å². The lowest BCUT2D eigenvalue weighted by atomic mass is 10.0. The molecule has 0 aliphatic carbocycles. The summed E-state index contributed by atoms with van der Waals surface area (Å²) in [7, 11) is 0. The van der Waals surface area contributed by atoms with E-state index in [2.05, 4.69) is 51.9 Å². The zero-order valence-electron chi connectivity index (χ0n) is 15.4. The second-order valence-corrected chi connectivity index (χ2v) is 6.95. The molecule has 0 aromatic heterocycles. The molecular formula is C22H29N3O. The summed E-state index contributed by atoms with van der Waals surface area (Å²) in [6, 6.07) is 20.8. The Labute approximate surface area is 156 Å². The third kappa shape index (κ3) is 5.88. The van der Waals surface area contributed by atoms with Gasteiger partial charge in [-0.05, 0) is 50.0 Å². The molecule has 3 rings (SSSR count). The standard InChI is InChI=1S/C22H29N3O/c26-22(18-25-16-8-3-9-17-25)23-15-14-21(19-10-4-1-5-11-19)24-20-12-6-2-7-13-20/h1-2,4-7,10-13,21,24H,3,8-9,14-18H2,(H,23,26). The smallest absolute Gasteiger partial charge is 0.234 e. The molecule has 1 aliphatic heterocycles. The zero-order chi connectivity index (χ0) is 18.0. The number of rotatable bonds is 8. The molecule has 0 spiro atoms. The van der Waals surface area contributed by atoms with Gasteiger partial charge in [0.2, 0.25) is 5.91 Å². The lowest BCUT2D eigenvalue weighted by Gasteiger charge is -2.26. The molecule has 1 atom stereocenters. The van der Waals surface area contributed by atoms with Crippen molar-refractivity contribution in [2.45, 2.75) is 31.7 Å². The first kappa shape index (κ1) is 18.5. The van der Waals surface area contributed by atoms with Crippen LogP contribution in [0.1, 0.15) is 37.3 Å². The second-order valence-electron chi connectivity index (χ2n) is 6.95. The lowest BCUT2D eigenvalue weighted by Crippen LogP contribution is -2.40. The van der Waals surface area contributed by atoms with Crippen LogP contribution >= 0.6 is 0 Å². The fraction of sp³-hybridized carbons (Fsp3) is 0.409. The van der Waals surface area contributed by atoms with E-state index in [9.17, 15) is 4.79 Å². The third-order valence-corrected chi connectivity index (χ3v) is 4.89. The van der Waals surface area contributed by atoms with Gasteiger partial charge in [-0.15, -0.1) is 0 Å². The Morgan fingerprint density at radius 2 is 1.58 bits per heavy atom. The number of piperidine rings is 1. The van der Waals surface area contributed by atoms with Gasteiger partial charge in [0, 0.05) is 12.2 Å². The van der Waals surface area contributed by atoms with Crippen molar-refractivity contribution >= 4 is 11.6 Å². The minimum absolute atomic E-state index is 0.137. The van der Waals surface area contributed by atoms with Crippen LogP contribution in [0.3, 0.4) is 0 Å². The van der Waals surface area contributed by atoms with Crippen LogP contribution in [0.2, 0.25) is 0 Å². The van der Waals surface area contributed by atoms with E-state index in [4.69, 9.17) is 0 Å². The van der Waals surface area contributed by atoms with Crippen molar-refractivity contribution in [3.63, 3.8) is 0 Å². The molecule has 0 saturated carbocycles. The Morgan fingerprint density at radius 3 is 2.27 bits per heavy atom. The van der Waals surface area contributed by atoms with Crippen molar-refractivity contribution in [3.8, 4) is 0 Å². The highest BCUT2D eigenvalue weighted by Gasteiger charge is 2.15. The molecule has 1 fully saturated rings. The van der Waals surface area contributed by atoms with E-state index in [1.807, 2.05) is 24.3 Å².